The zero-order valence-electron chi connectivity index (χ0n) is 22.9. The molecule has 0 aliphatic carbocycles. The van der Waals surface area contributed by atoms with Crippen molar-refractivity contribution in [1.82, 2.24) is 0 Å². The summed E-state index contributed by atoms with van der Waals surface area (Å²) in [6.45, 7) is 12.0. The van der Waals surface area contributed by atoms with Crippen LogP contribution < -0.4 is 24.3 Å². The second-order valence-electron chi connectivity index (χ2n) is 11.1. The van der Waals surface area contributed by atoms with Crippen LogP contribution in [-0.2, 0) is 0 Å². The van der Waals surface area contributed by atoms with E-state index in [1.54, 1.807) is 18.2 Å². The average Bonchev–Trinajstić information content (AvgIpc) is 2.87. The summed E-state index contributed by atoms with van der Waals surface area (Å²) >= 11 is 0. The molecular formula is C33H35O4Si. The lowest BCUT2D eigenvalue weighted by Crippen LogP contribution is -2.47. The van der Waals surface area contributed by atoms with Crippen LogP contribution in [0.5, 0.6) is 17.2 Å². The summed E-state index contributed by atoms with van der Waals surface area (Å²) in [7, 11) is -1.70. The largest absolute Gasteiger partial charge is 0.532 e. The van der Waals surface area contributed by atoms with Crippen LogP contribution in [0, 0.1) is 0 Å². The first kappa shape index (κ1) is 27.2. The Balaban J connectivity index is 1.74. The van der Waals surface area contributed by atoms with Crippen LogP contribution >= 0.6 is 0 Å². The third-order valence-corrected chi connectivity index (χ3v) is 7.59. The molecule has 195 valence electrons. The van der Waals surface area contributed by atoms with Gasteiger partial charge in [-0.2, -0.15) is 0 Å². The normalized spacial score (nSPS) is 11.8. The van der Waals surface area contributed by atoms with Crippen LogP contribution in [0.3, 0.4) is 0 Å². The van der Waals surface area contributed by atoms with Crippen molar-refractivity contribution in [3.05, 3.63) is 114 Å². The summed E-state index contributed by atoms with van der Waals surface area (Å²) in [5, 5.41) is 2.18. The molecule has 0 saturated carbocycles. The Morgan fingerprint density at radius 3 is 1.58 bits per heavy atom. The summed E-state index contributed by atoms with van der Waals surface area (Å²) in [4.78, 5) is 13.8. The number of benzene rings is 4. The van der Waals surface area contributed by atoms with E-state index in [1.807, 2.05) is 102 Å². The van der Waals surface area contributed by atoms with Crippen molar-refractivity contribution in [2.75, 3.05) is 0 Å². The standard InChI is InChI=1S/C33H35O4Si/c1-32(2,3)35-25-19-17-24(18-20-25)31(34)29-22-21-26(36-33(4,5)6)23-30(29)37-38(27-13-9-7-10-14-27)28-15-11-8-12-16-28/h7-23H,1-6H3. The number of carbonyl (C=O) groups is 1. The van der Waals surface area contributed by atoms with Gasteiger partial charge in [0.05, 0.1) is 5.56 Å². The van der Waals surface area contributed by atoms with Gasteiger partial charge in [0.25, 0.3) is 0 Å². The maximum Gasteiger partial charge on any atom is 0.352 e. The lowest BCUT2D eigenvalue weighted by molar-refractivity contribution is 0.103. The number of carbonyl (C=O) groups excluding carboxylic acids is 1. The maximum absolute atomic E-state index is 13.8. The molecule has 0 bridgehead atoms. The molecule has 0 heterocycles. The zero-order valence-corrected chi connectivity index (χ0v) is 23.9. The van der Waals surface area contributed by atoms with E-state index in [2.05, 4.69) is 24.3 Å². The topological polar surface area (TPSA) is 44.8 Å². The molecule has 4 aromatic rings. The first-order valence-corrected chi connectivity index (χ1v) is 14.2. The molecule has 0 saturated heterocycles. The molecule has 0 spiro atoms. The van der Waals surface area contributed by atoms with Crippen LogP contribution in [0.1, 0.15) is 57.5 Å². The Labute approximate surface area is 227 Å². The van der Waals surface area contributed by atoms with E-state index in [4.69, 9.17) is 13.9 Å². The third kappa shape index (κ3) is 7.36. The summed E-state index contributed by atoms with van der Waals surface area (Å²) in [6.07, 6.45) is 0. The van der Waals surface area contributed by atoms with E-state index in [1.165, 1.54) is 0 Å². The highest BCUT2D eigenvalue weighted by Crippen LogP contribution is 2.30. The predicted molar refractivity (Wildman–Crippen MR) is 156 cm³/mol. The summed E-state index contributed by atoms with van der Waals surface area (Å²) < 4.78 is 18.9. The molecule has 0 atom stereocenters. The summed E-state index contributed by atoms with van der Waals surface area (Å²) in [6, 6.07) is 33.1. The van der Waals surface area contributed by atoms with Gasteiger partial charge >= 0.3 is 9.04 Å². The van der Waals surface area contributed by atoms with Crippen molar-refractivity contribution < 1.29 is 18.7 Å². The SMILES string of the molecule is CC(C)(C)Oc1ccc(C(=O)c2ccc(OC(C)(C)C)cc2O[Si](c2ccccc2)c2ccccc2)cc1. The highest BCUT2D eigenvalue weighted by atomic mass is 28.3. The van der Waals surface area contributed by atoms with Gasteiger partial charge in [-0.3, -0.25) is 4.79 Å². The second-order valence-corrected chi connectivity index (χ2v) is 13.1. The molecule has 0 aliphatic heterocycles. The van der Waals surface area contributed by atoms with E-state index in [0.29, 0.717) is 22.6 Å². The number of hydrogen-bond donors (Lipinski definition) is 0. The maximum atomic E-state index is 13.8. The molecule has 4 aromatic carbocycles. The number of ketones is 1. The summed E-state index contributed by atoms with van der Waals surface area (Å²) in [5.74, 6) is 1.76. The molecular weight excluding hydrogens is 488 g/mol. The quantitative estimate of drug-likeness (QED) is 0.196. The zero-order chi connectivity index (χ0) is 27.3. The lowest BCUT2D eigenvalue weighted by Gasteiger charge is -2.24. The van der Waals surface area contributed by atoms with Crippen molar-refractivity contribution in [3.63, 3.8) is 0 Å². The first-order valence-electron chi connectivity index (χ1n) is 12.8. The average molecular weight is 524 g/mol. The Morgan fingerprint density at radius 1 is 0.605 bits per heavy atom. The Kier molecular flexibility index (Phi) is 8.07. The van der Waals surface area contributed by atoms with Crippen molar-refractivity contribution >= 4 is 25.2 Å². The minimum absolute atomic E-state index is 0.118. The minimum Gasteiger partial charge on any atom is -0.532 e. The molecule has 0 unspecified atom stereocenters. The van der Waals surface area contributed by atoms with Crippen LogP contribution in [-0.4, -0.2) is 26.0 Å². The van der Waals surface area contributed by atoms with Crippen LogP contribution in [0.4, 0.5) is 0 Å². The molecule has 1 radical (unpaired) electrons. The smallest absolute Gasteiger partial charge is 0.352 e. The van der Waals surface area contributed by atoms with E-state index in [-0.39, 0.29) is 11.4 Å². The van der Waals surface area contributed by atoms with E-state index < -0.39 is 14.6 Å². The molecule has 0 amide bonds. The van der Waals surface area contributed by atoms with Crippen molar-refractivity contribution in [2.24, 2.45) is 0 Å². The predicted octanol–water partition coefficient (Wildman–Crippen LogP) is 6.46. The highest BCUT2D eigenvalue weighted by Gasteiger charge is 2.26. The van der Waals surface area contributed by atoms with Gasteiger partial charge in [-0.25, -0.2) is 0 Å². The summed E-state index contributed by atoms with van der Waals surface area (Å²) in [5.41, 5.74) is 0.347. The molecule has 0 aromatic heterocycles. The van der Waals surface area contributed by atoms with Gasteiger partial charge in [0.1, 0.15) is 28.5 Å². The molecule has 5 heteroatoms. The van der Waals surface area contributed by atoms with Gasteiger partial charge in [0.2, 0.25) is 0 Å². The molecule has 0 N–H and O–H groups in total. The lowest BCUT2D eigenvalue weighted by atomic mass is 10.0. The van der Waals surface area contributed by atoms with Crippen LogP contribution in [0.25, 0.3) is 0 Å². The van der Waals surface area contributed by atoms with E-state index in [9.17, 15) is 4.79 Å². The Bertz CT molecular complexity index is 1310. The molecule has 4 nitrogen and oxygen atoms in total. The van der Waals surface area contributed by atoms with Crippen LogP contribution in [0.15, 0.2) is 103 Å². The van der Waals surface area contributed by atoms with Gasteiger partial charge in [0, 0.05) is 11.6 Å². The van der Waals surface area contributed by atoms with Gasteiger partial charge in [-0.05, 0) is 88.3 Å². The molecule has 0 aliphatic rings. The van der Waals surface area contributed by atoms with Crippen LogP contribution in [0.2, 0.25) is 0 Å². The fourth-order valence-electron chi connectivity index (χ4n) is 3.95. The monoisotopic (exact) mass is 523 g/mol. The highest BCUT2D eigenvalue weighted by molar-refractivity contribution is 6.80. The van der Waals surface area contributed by atoms with Gasteiger partial charge in [-0.15, -0.1) is 0 Å². The molecule has 0 fully saturated rings. The fourth-order valence-corrected chi connectivity index (χ4v) is 5.90. The molecule has 4 rings (SSSR count). The Hall–Kier alpha value is -3.83. The molecule has 38 heavy (non-hydrogen) atoms. The second kappa shape index (κ2) is 11.3. The van der Waals surface area contributed by atoms with Crippen molar-refractivity contribution in [2.45, 2.75) is 52.7 Å². The van der Waals surface area contributed by atoms with Crippen molar-refractivity contribution in [3.8, 4) is 17.2 Å². The van der Waals surface area contributed by atoms with Gasteiger partial charge in [-0.1, -0.05) is 60.7 Å². The van der Waals surface area contributed by atoms with Gasteiger partial charge in [0.15, 0.2) is 5.78 Å². The van der Waals surface area contributed by atoms with Crippen molar-refractivity contribution in [1.29, 1.82) is 0 Å². The van der Waals surface area contributed by atoms with Gasteiger partial charge < -0.3 is 13.9 Å². The number of hydrogen-bond acceptors (Lipinski definition) is 4. The number of rotatable bonds is 8. The Morgan fingerprint density at radius 2 is 1.08 bits per heavy atom. The minimum atomic E-state index is -1.70. The number of ether oxygens (including phenoxy) is 2. The fraction of sp³-hybridized carbons (Fsp3) is 0.242. The first-order chi connectivity index (χ1) is 18.0. The third-order valence-electron chi connectivity index (χ3n) is 5.45. The van der Waals surface area contributed by atoms with E-state index >= 15 is 0 Å². The van der Waals surface area contributed by atoms with E-state index in [0.717, 1.165) is 16.1 Å².